The average Bonchev–Trinajstić information content (AvgIpc) is 3.36. The number of nitrogens with one attached hydrogen (secondary N) is 2. The van der Waals surface area contributed by atoms with Gasteiger partial charge in [-0.25, -0.2) is 13.1 Å². The van der Waals surface area contributed by atoms with Crippen molar-refractivity contribution in [1.29, 1.82) is 0 Å². The molecule has 1 fully saturated rings. The molecule has 1 aliphatic heterocycles. The molecule has 0 radical (unpaired) electrons. The fraction of sp³-hybridized carbons (Fsp3) is 0.389. The van der Waals surface area contributed by atoms with E-state index in [4.69, 9.17) is 11.6 Å². The van der Waals surface area contributed by atoms with Gasteiger partial charge in [-0.3, -0.25) is 4.79 Å². The first-order valence-electron chi connectivity index (χ1n) is 8.73. The van der Waals surface area contributed by atoms with Gasteiger partial charge in [-0.1, -0.05) is 23.7 Å². The summed E-state index contributed by atoms with van der Waals surface area (Å²) in [6.45, 7) is 1.44. The van der Waals surface area contributed by atoms with Gasteiger partial charge >= 0.3 is 0 Å². The second-order valence-electron chi connectivity index (χ2n) is 6.77. The first kappa shape index (κ1) is 17.6. The van der Waals surface area contributed by atoms with Crippen molar-refractivity contribution in [3.05, 3.63) is 52.3 Å². The molecule has 1 saturated heterocycles. The molecule has 6 nitrogen and oxygen atoms in total. The standard InChI is InChI=1S/C18H20ClN3O3S/c19-15-5-3-4-14-13(15)6-7-16(14)21-26(24,25)12-10-17(20-11-12)18(23)22-8-1-2-9-22/h3-5,10-11,16,20-21H,1-2,6-9H2. The maximum atomic E-state index is 12.8. The minimum absolute atomic E-state index is 0.0792. The van der Waals surface area contributed by atoms with E-state index in [1.165, 1.54) is 12.3 Å². The Hall–Kier alpha value is -1.83. The molecule has 8 heteroatoms. The zero-order valence-corrected chi connectivity index (χ0v) is 15.7. The van der Waals surface area contributed by atoms with Gasteiger partial charge in [-0.2, -0.15) is 0 Å². The largest absolute Gasteiger partial charge is 0.356 e. The third kappa shape index (κ3) is 3.15. The normalized spacial score (nSPS) is 19.7. The van der Waals surface area contributed by atoms with Crippen LogP contribution in [0.25, 0.3) is 0 Å². The molecule has 138 valence electrons. The quantitative estimate of drug-likeness (QED) is 0.837. The van der Waals surface area contributed by atoms with Crippen LogP contribution in [0, 0.1) is 0 Å². The Kier molecular flexibility index (Phi) is 4.54. The predicted molar refractivity (Wildman–Crippen MR) is 98.8 cm³/mol. The van der Waals surface area contributed by atoms with Gasteiger partial charge in [0.05, 0.1) is 0 Å². The summed E-state index contributed by atoms with van der Waals surface area (Å²) in [5, 5.41) is 0.671. The van der Waals surface area contributed by atoms with Crippen molar-refractivity contribution >= 4 is 27.5 Å². The molecule has 2 heterocycles. The van der Waals surface area contributed by atoms with Crippen LogP contribution in [0.1, 0.15) is 46.9 Å². The van der Waals surface area contributed by atoms with E-state index in [1.54, 1.807) is 4.90 Å². The number of benzene rings is 1. The molecule has 1 atom stereocenters. The third-order valence-corrected chi connectivity index (χ3v) is 6.91. The van der Waals surface area contributed by atoms with Crippen LogP contribution in [0.15, 0.2) is 35.4 Å². The fourth-order valence-electron chi connectivity index (χ4n) is 3.73. The first-order valence-corrected chi connectivity index (χ1v) is 10.6. The Morgan fingerprint density at radius 3 is 2.81 bits per heavy atom. The van der Waals surface area contributed by atoms with E-state index in [0.717, 1.165) is 43.5 Å². The van der Waals surface area contributed by atoms with E-state index >= 15 is 0 Å². The van der Waals surface area contributed by atoms with Gasteiger partial charge in [0.1, 0.15) is 10.6 Å². The number of fused-ring (bicyclic) bond motifs is 1. The van der Waals surface area contributed by atoms with Crippen molar-refractivity contribution in [2.45, 2.75) is 36.6 Å². The Morgan fingerprint density at radius 2 is 2.04 bits per heavy atom. The van der Waals surface area contributed by atoms with Gasteiger partial charge in [-0.05, 0) is 48.9 Å². The number of sulfonamides is 1. The molecule has 4 rings (SSSR count). The molecule has 1 aromatic heterocycles. The SMILES string of the molecule is O=C(c1cc(S(=O)(=O)NC2CCc3c(Cl)cccc32)c[nH]1)N1CCCC1. The van der Waals surface area contributed by atoms with Crippen LogP contribution in [0.2, 0.25) is 5.02 Å². The minimum atomic E-state index is -3.73. The maximum Gasteiger partial charge on any atom is 0.270 e. The number of H-pyrrole nitrogens is 1. The molecule has 0 bridgehead atoms. The Labute approximate surface area is 157 Å². The molecule has 1 aliphatic carbocycles. The number of carbonyl (C=O) groups excluding carboxylic acids is 1. The van der Waals surface area contributed by atoms with E-state index in [0.29, 0.717) is 17.1 Å². The van der Waals surface area contributed by atoms with Crippen molar-refractivity contribution in [2.75, 3.05) is 13.1 Å². The molecular formula is C18H20ClN3O3S. The highest BCUT2D eigenvalue weighted by Gasteiger charge is 2.30. The van der Waals surface area contributed by atoms with E-state index in [-0.39, 0.29) is 16.8 Å². The lowest BCUT2D eigenvalue weighted by atomic mass is 10.1. The molecule has 0 saturated carbocycles. The van der Waals surface area contributed by atoms with Crippen LogP contribution < -0.4 is 4.72 Å². The maximum absolute atomic E-state index is 12.8. The summed E-state index contributed by atoms with van der Waals surface area (Å²) in [6, 6.07) is 6.66. The summed E-state index contributed by atoms with van der Waals surface area (Å²) in [5.74, 6) is -0.151. The predicted octanol–water partition coefficient (Wildman–Crippen LogP) is 2.87. The van der Waals surface area contributed by atoms with Crippen LogP contribution >= 0.6 is 11.6 Å². The Bertz CT molecular complexity index is 948. The first-order chi connectivity index (χ1) is 12.5. The van der Waals surface area contributed by atoms with E-state index < -0.39 is 10.0 Å². The lowest BCUT2D eigenvalue weighted by Crippen LogP contribution is -2.28. The zero-order valence-electron chi connectivity index (χ0n) is 14.2. The lowest BCUT2D eigenvalue weighted by molar-refractivity contribution is 0.0787. The van der Waals surface area contributed by atoms with Crippen molar-refractivity contribution in [1.82, 2.24) is 14.6 Å². The molecule has 1 amide bonds. The molecule has 26 heavy (non-hydrogen) atoms. The van der Waals surface area contributed by atoms with Gasteiger partial charge in [0.15, 0.2) is 0 Å². The number of halogens is 1. The highest BCUT2D eigenvalue weighted by molar-refractivity contribution is 7.89. The fourth-order valence-corrected chi connectivity index (χ4v) is 5.25. The number of rotatable bonds is 4. The van der Waals surface area contributed by atoms with Gasteiger partial charge < -0.3 is 9.88 Å². The lowest BCUT2D eigenvalue weighted by Gasteiger charge is -2.14. The summed E-state index contributed by atoms with van der Waals surface area (Å²) in [4.78, 5) is 17.0. The second kappa shape index (κ2) is 6.72. The summed E-state index contributed by atoms with van der Waals surface area (Å²) in [7, 11) is -3.73. The molecule has 1 aromatic carbocycles. The number of hydrogen-bond acceptors (Lipinski definition) is 3. The van der Waals surface area contributed by atoms with Gasteiger partial charge in [0, 0.05) is 30.4 Å². The van der Waals surface area contributed by atoms with E-state index in [2.05, 4.69) is 9.71 Å². The number of nitrogens with zero attached hydrogens (tertiary/aromatic N) is 1. The number of hydrogen-bond donors (Lipinski definition) is 2. The number of aromatic nitrogens is 1. The molecule has 2 aliphatic rings. The van der Waals surface area contributed by atoms with Crippen LogP contribution in [0.4, 0.5) is 0 Å². The van der Waals surface area contributed by atoms with E-state index in [1.807, 2.05) is 18.2 Å². The summed E-state index contributed by atoms with van der Waals surface area (Å²) >= 11 is 6.20. The van der Waals surface area contributed by atoms with Gasteiger partial charge in [0.25, 0.3) is 5.91 Å². The van der Waals surface area contributed by atoms with Crippen LogP contribution in [0.5, 0.6) is 0 Å². The van der Waals surface area contributed by atoms with Gasteiger partial charge in [0.2, 0.25) is 10.0 Å². The third-order valence-electron chi connectivity index (χ3n) is 5.10. The van der Waals surface area contributed by atoms with Crippen LogP contribution in [-0.4, -0.2) is 37.3 Å². The van der Waals surface area contributed by atoms with Crippen LogP contribution in [-0.2, 0) is 16.4 Å². The smallest absolute Gasteiger partial charge is 0.270 e. The molecule has 2 aromatic rings. The molecular weight excluding hydrogens is 374 g/mol. The highest BCUT2D eigenvalue weighted by Crippen LogP contribution is 2.36. The van der Waals surface area contributed by atoms with Gasteiger partial charge in [-0.15, -0.1) is 0 Å². The highest BCUT2D eigenvalue weighted by atomic mass is 35.5. The molecule has 2 N–H and O–H groups in total. The number of aromatic amines is 1. The number of carbonyl (C=O) groups is 1. The molecule has 0 spiro atoms. The number of likely N-dealkylation sites (tertiary alicyclic amines) is 1. The second-order valence-corrected chi connectivity index (χ2v) is 8.89. The molecule has 1 unspecified atom stereocenters. The monoisotopic (exact) mass is 393 g/mol. The minimum Gasteiger partial charge on any atom is -0.356 e. The van der Waals surface area contributed by atoms with Crippen molar-refractivity contribution in [2.24, 2.45) is 0 Å². The van der Waals surface area contributed by atoms with Crippen molar-refractivity contribution in [3.8, 4) is 0 Å². The summed E-state index contributed by atoms with van der Waals surface area (Å²) in [5.41, 5.74) is 2.23. The van der Waals surface area contributed by atoms with Crippen molar-refractivity contribution < 1.29 is 13.2 Å². The summed E-state index contributed by atoms with van der Waals surface area (Å²) in [6.07, 6.45) is 4.77. The number of amides is 1. The topological polar surface area (TPSA) is 82.3 Å². The van der Waals surface area contributed by atoms with Crippen molar-refractivity contribution in [3.63, 3.8) is 0 Å². The summed E-state index contributed by atoms with van der Waals surface area (Å²) < 4.78 is 28.2. The Morgan fingerprint density at radius 1 is 1.27 bits per heavy atom. The average molecular weight is 394 g/mol. The van der Waals surface area contributed by atoms with E-state index in [9.17, 15) is 13.2 Å². The Balaban J connectivity index is 1.53. The van der Waals surface area contributed by atoms with Crippen LogP contribution in [0.3, 0.4) is 0 Å². The zero-order chi connectivity index (χ0) is 18.3.